The summed E-state index contributed by atoms with van der Waals surface area (Å²) >= 11 is 6.06. The van der Waals surface area contributed by atoms with Crippen LogP contribution in [-0.4, -0.2) is 45.6 Å². The molecule has 1 aromatic carbocycles. The molecule has 3 aromatic rings. The lowest BCUT2D eigenvalue weighted by Gasteiger charge is -2.27. The standard InChI is InChI=1S/C22H24ClN7O2/c1-26-16-8-12(23)5-6-14(16)18(24)17-10-28-21-19(30-17)15(9-27-21)22(32)29-13-4-2-3-11(7-13)20(25)31/h5-6,8-11,13,24,26H,2-4,7H2,1H3,(H2,25,31)(H,27,28)(H,29,32). The van der Waals surface area contributed by atoms with Gasteiger partial charge in [-0.3, -0.25) is 15.0 Å². The van der Waals surface area contributed by atoms with Crippen molar-refractivity contribution in [2.24, 2.45) is 11.7 Å². The molecule has 0 bridgehead atoms. The summed E-state index contributed by atoms with van der Waals surface area (Å²) in [7, 11) is 1.75. The quantitative estimate of drug-likeness (QED) is 0.364. The van der Waals surface area contributed by atoms with Gasteiger partial charge in [-0.1, -0.05) is 18.0 Å². The van der Waals surface area contributed by atoms with Crippen LogP contribution in [0, 0.1) is 11.3 Å². The average Bonchev–Trinajstić information content (AvgIpc) is 3.22. The molecule has 1 aliphatic carbocycles. The maximum absolute atomic E-state index is 13.0. The topological polar surface area (TPSA) is 150 Å². The van der Waals surface area contributed by atoms with Gasteiger partial charge in [-0.15, -0.1) is 0 Å². The van der Waals surface area contributed by atoms with Crippen molar-refractivity contribution in [1.29, 1.82) is 5.41 Å². The monoisotopic (exact) mass is 453 g/mol. The number of anilines is 1. The van der Waals surface area contributed by atoms with Gasteiger partial charge >= 0.3 is 0 Å². The van der Waals surface area contributed by atoms with Gasteiger partial charge in [-0.05, 0) is 37.5 Å². The highest BCUT2D eigenvalue weighted by Crippen LogP contribution is 2.26. The molecule has 9 nitrogen and oxygen atoms in total. The van der Waals surface area contributed by atoms with Crippen molar-refractivity contribution in [3.05, 3.63) is 52.4 Å². The number of carbonyl (C=O) groups is 2. The van der Waals surface area contributed by atoms with Gasteiger partial charge in [0.2, 0.25) is 5.91 Å². The zero-order valence-corrected chi connectivity index (χ0v) is 18.3. The fraction of sp³-hybridized carbons (Fsp3) is 0.318. The predicted molar refractivity (Wildman–Crippen MR) is 123 cm³/mol. The largest absolute Gasteiger partial charge is 0.388 e. The van der Waals surface area contributed by atoms with E-state index in [2.05, 4.69) is 25.6 Å². The molecule has 0 radical (unpaired) electrons. The number of benzene rings is 1. The summed E-state index contributed by atoms with van der Waals surface area (Å²) in [5.41, 5.74) is 8.42. The van der Waals surface area contributed by atoms with Crippen molar-refractivity contribution in [3.63, 3.8) is 0 Å². The number of halogens is 1. The Balaban J connectivity index is 1.60. The number of nitrogens with one attached hydrogen (secondary N) is 4. The third-order valence-electron chi connectivity index (χ3n) is 5.81. The van der Waals surface area contributed by atoms with E-state index in [9.17, 15) is 9.59 Å². The first-order valence-electron chi connectivity index (χ1n) is 10.4. The second-order valence-corrected chi connectivity index (χ2v) is 8.34. The van der Waals surface area contributed by atoms with E-state index in [1.807, 2.05) is 0 Å². The summed E-state index contributed by atoms with van der Waals surface area (Å²) in [6.45, 7) is 0. The third kappa shape index (κ3) is 4.29. The van der Waals surface area contributed by atoms with Crippen LogP contribution in [0.4, 0.5) is 5.69 Å². The van der Waals surface area contributed by atoms with Crippen molar-refractivity contribution >= 4 is 46.0 Å². The Morgan fingerprint density at radius 3 is 2.84 bits per heavy atom. The number of nitrogens with zero attached hydrogens (tertiary/aromatic N) is 2. The minimum absolute atomic E-state index is 0.125. The summed E-state index contributed by atoms with van der Waals surface area (Å²) < 4.78 is 0. The first-order valence-corrected chi connectivity index (χ1v) is 10.8. The van der Waals surface area contributed by atoms with Gasteiger partial charge in [0.25, 0.3) is 5.91 Å². The van der Waals surface area contributed by atoms with Crippen LogP contribution in [0.5, 0.6) is 0 Å². The Kier molecular flexibility index (Phi) is 6.09. The molecule has 0 aliphatic heterocycles. The number of aromatic nitrogens is 3. The molecule has 1 saturated carbocycles. The van der Waals surface area contributed by atoms with Crippen LogP contribution in [0.15, 0.2) is 30.6 Å². The highest BCUT2D eigenvalue weighted by molar-refractivity contribution is 6.31. The number of fused-ring (bicyclic) bond motifs is 1. The van der Waals surface area contributed by atoms with Gasteiger partial charge in [0.1, 0.15) is 11.2 Å². The first-order chi connectivity index (χ1) is 15.4. The van der Waals surface area contributed by atoms with Crippen molar-refractivity contribution in [3.8, 4) is 0 Å². The first kappa shape index (κ1) is 21.8. The van der Waals surface area contributed by atoms with Gasteiger partial charge < -0.3 is 21.4 Å². The van der Waals surface area contributed by atoms with Crippen LogP contribution in [0.3, 0.4) is 0 Å². The lowest BCUT2D eigenvalue weighted by molar-refractivity contribution is -0.122. The van der Waals surface area contributed by atoms with Crippen molar-refractivity contribution in [2.75, 3.05) is 12.4 Å². The van der Waals surface area contributed by atoms with E-state index in [1.54, 1.807) is 31.4 Å². The van der Waals surface area contributed by atoms with E-state index < -0.39 is 0 Å². The Labute approximate surface area is 189 Å². The maximum atomic E-state index is 13.0. The number of hydrogen-bond donors (Lipinski definition) is 5. The van der Waals surface area contributed by atoms with Crippen molar-refractivity contribution < 1.29 is 9.59 Å². The lowest BCUT2D eigenvalue weighted by Crippen LogP contribution is -2.41. The average molecular weight is 454 g/mol. The molecule has 2 heterocycles. The molecule has 4 rings (SSSR count). The predicted octanol–water partition coefficient (Wildman–Crippen LogP) is 2.84. The van der Waals surface area contributed by atoms with Crippen molar-refractivity contribution in [1.82, 2.24) is 20.3 Å². The number of hydrogen-bond acceptors (Lipinski definition) is 6. The third-order valence-corrected chi connectivity index (χ3v) is 6.05. The second kappa shape index (κ2) is 8.96. The van der Waals surface area contributed by atoms with Gasteiger partial charge in [0.15, 0.2) is 5.65 Å². The molecule has 10 heteroatoms. The molecule has 1 fully saturated rings. The summed E-state index contributed by atoms with van der Waals surface area (Å²) in [5.74, 6) is -0.843. The molecule has 6 N–H and O–H groups in total. The van der Waals surface area contributed by atoms with Gasteiger partial charge in [0, 0.05) is 41.5 Å². The molecule has 2 aromatic heterocycles. The van der Waals surface area contributed by atoms with Crippen LogP contribution >= 0.6 is 11.6 Å². The van der Waals surface area contributed by atoms with E-state index in [4.69, 9.17) is 22.7 Å². The van der Waals surface area contributed by atoms with Crippen LogP contribution in [0.25, 0.3) is 11.2 Å². The highest BCUT2D eigenvalue weighted by atomic mass is 35.5. The Morgan fingerprint density at radius 2 is 2.09 bits per heavy atom. The number of amides is 2. The smallest absolute Gasteiger partial charge is 0.255 e. The lowest BCUT2D eigenvalue weighted by atomic mass is 9.85. The number of rotatable bonds is 6. The summed E-state index contributed by atoms with van der Waals surface area (Å²) in [6.07, 6.45) is 5.98. The minimum atomic E-state index is -0.326. The Hall–Kier alpha value is -3.46. The van der Waals surface area contributed by atoms with Gasteiger partial charge in [-0.2, -0.15) is 0 Å². The van der Waals surface area contributed by atoms with Crippen LogP contribution in [-0.2, 0) is 4.79 Å². The summed E-state index contributed by atoms with van der Waals surface area (Å²) in [5, 5.41) is 15.2. The number of primary amides is 1. The fourth-order valence-corrected chi connectivity index (χ4v) is 4.28. The minimum Gasteiger partial charge on any atom is -0.388 e. The molecule has 0 spiro atoms. The zero-order chi connectivity index (χ0) is 22.8. The molecule has 2 amide bonds. The van der Waals surface area contributed by atoms with Crippen molar-refractivity contribution in [2.45, 2.75) is 31.7 Å². The maximum Gasteiger partial charge on any atom is 0.255 e. The zero-order valence-electron chi connectivity index (χ0n) is 17.5. The van der Waals surface area contributed by atoms with Crippen LogP contribution < -0.4 is 16.4 Å². The van der Waals surface area contributed by atoms with E-state index in [0.29, 0.717) is 45.1 Å². The fourth-order valence-electron chi connectivity index (χ4n) is 4.11. The molecular weight excluding hydrogens is 430 g/mol. The van der Waals surface area contributed by atoms with E-state index in [1.165, 1.54) is 6.20 Å². The van der Waals surface area contributed by atoms with Crippen LogP contribution in [0.1, 0.15) is 47.3 Å². The molecule has 1 aliphatic rings. The molecule has 0 saturated heterocycles. The Bertz CT molecular complexity index is 1210. The summed E-state index contributed by atoms with van der Waals surface area (Å²) in [6, 6.07) is 5.05. The molecule has 2 atom stereocenters. The molecule has 166 valence electrons. The number of nitrogens with two attached hydrogens (primary N) is 1. The van der Waals surface area contributed by atoms with Gasteiger partial charge in [0.05, 0.1) is 17.5 Å². The second-order valence-electron chi connectivity index (χ2n) is 7.91. The van der Waals surface area contributed by atoms with E-state index in [-0.39, 0.29) is 29.5 Å². The molecular formula is C22H24ClN7O2. The van der Waals surface area contributed by atoms with Gasteiger partial charge in [-0.25, -0.2) is 9.97 Å². The number of carbonyl (C=O) groups excluding carboxylic acids is 2. The normalized spacial score (nSPS) is 18.3. The SMILES string of the molecule is CNc1cc(Cl)ccc1C(=N)c1cnc2[nH]cc(C(=O)NC3CCCC(C(N)=O)C3)c2n1. The highest BCUT2D eigenvalue weighted by Gasteiger charge is 2.28. The summed E-state index contributed by atoms with van der Waals surface area (Å²) in [4.78, 5) is 36.3. The Morgan fingerprint density at radius 1 is 1.28 bits per heavy atom. The molecule has 2 unspecified atom stereocenters. The van der Waals surface area contributed by atoms with E-state index in [0.717, 1.165) is 19.3 Å². The van der Waals surface area contributed by atoms with E-state index >= 15 is 0 Å². The van der Waals surface area contributed by atoms with Crippen LogP contribution in [0.2, 0.25) is 5.02 Å². The number of aromatic amines is 1. The molecule has 32 heavy (non-hydrogen) atoms. The number of H-pyrrole nitrogens is 1.